The Labute approximate surface area is 219 Å². The Morgan fingerprint density at radius 1 is 0.784 bits per heavy atom. The number of carbonyl (C=O) groups is 1. The van der Waals surface area contributed by atoms with Crippen molar-refractivity contribution < 1.29 is 14.7 Å². The minimum Gasteiger partial charge on any atom is -0.412 e. The van der Waals surface area contributed by atoms with Gasteiger partial charge in [-0.05, 0) is 46.6 Å². The summed E-state index contributed by atoms with van der Waals surface area (Å²) in [7, 11) is 0. The maximum Gasteiger partial charge on any atom is 0.284 e. The van der Waals surface area contributed by atoms with Gasteiger partial charge in [-0.2, -0.15) is 5.26 Å². The second-order valence-electron chi connectivity index (χ2n) is 8.02. The average molecular weight is 525 g/mol. The maximum atomic E-state index is 13.4. The summed E-state index contributed by atoms with van der Waals surface area (Å²) < 4.78 is 13.4. The molecule has 4 nitrogen and oxygen atoms in total. The first kappa shape index (κ1) is 26.1. The van der Waals surface area contributed by atoms with E-state index in [1.165, 1.54) is 23.9 Å². The molecule has 0 fully saturated rings. The first-order valence-corrected chi connectivity index (χ1v) is 13.9. The van der Waals surface area contributed by atoms with Gasteiger partial charge in [0.25, 0.3) is 5.91 Å². The SMILES string of the molecule is N#CC(C1=NC(=O)/C(=C\c2ccc(F)cc2)S1)=P(c1ccccc1)(c1ccccc1)c1ccccc1.O. The van der Waals surface area contributed by atoms with E-state index in [0.29, 0.717) is 20.8 Å². The van der Waals surface area contributed by atoms with Crippen molar-refractivity contribution in [2.75, 3.05) is 0 Å². The lowest BCUT2D eigenvalue weighted by atomic mass is 10.2. The minimum absolute atomic E-state index is 0. The predicted molar refractivity (Wildman–Crippen MR) is 154 cm³/mol. The molecule has 5 rings (SSSR count). The maximum absolute atomic E-state index is 13.4. The Balaban J connectivity index is 0.00000320. The van der Waals surface area contributed by atoms with Gasteiger partial charge in [-0.25, -0.2) is 9.38 Å². The third-order valence-corrected chi connectivity index (χ3v) is 11.2. The molecule has 0 radical (unpaired) electrons. The fourth-order valence-corrected chi connectivity index (χ4v) is 9.65. The normalized spacial score (nSPS) is 14.0. The summed E-state index contributed by atoms with van der Waals surface area (Å²) in [6.07, 6.45) is 1.69. The number of nitrogens with zero attached hydrogens (tertiary/aromatic N) is 2. The van der Waals surface area contributed by atoms with Gasteiger partial charge < -0.3 is 5.48 Å². The smallest absolute Gasteiger partial charge is 0.284 e. The topological polar surface area (TPSA) is 84.7 Å². The third-order valence-electron chi connectivity index (χ3n) is 5.86. The van der Waals surface area contributed by atoms with Crippen LogP contribution in [0.15, 0.2) is 125 Å². The zero-order valence-corrected chi connectivity index (χ0v) is 21.3. The molecular formula is C30H22FN2O2PS. The molecule has 1 aliphatic rings. The van der Waals surface area contributed by atoms with Crippen LogP contribution in [0.1, 0.15) is 5.56 Å². The van der Waals surface area contributed by atoms with Crippen molar-refractivity contribution in [3.8, 4) is 6.07 Å². The summed E-state index contributed by atoms with van der Waals surface area (Å²) in [4.78, 5) is 17.7. The monoisotopic (exact) mass is 524 g/mol. The summed E-state index contributed by atoms with van der Waals surface area (Å²) in [5, 5.41) is 14.6. The molecule has 4 aromatic rings. The molecule has 4 aromatic carbocycles. The number of nitriles is 1. The number of aliphatic imine (C=N–C) groups is 1. The highest BCUT2D eigenvalue weighted by Crippen LogP contribution is 2.48. The van der Waals surface area contributed by atoms with E-state index < -0.39 is 12.8 Å². The van der Waals surface area contributed by atoms with Gasteiger partial charge in [0.05, 0.1) is 10.2 Å². The molecule has 0 spiro atoms. The van der Waals surface area contributed by atoms with Crippen molar-refractivity contribution in [3.05, 3.63) is 132 Å². The lowest BCUT2D eigenvalue weighted by molar-refractivity contribution is -0.113. The molecule has 0 atom stereocenters. The standard InChI is InChI=1S/C30H20FN2OPS.H2O/c31-23-18-16-22(17-19-23)20-28-29(34)33-30(36-28)27(21-32)35(24-10-4-1-5-11-24,25-12-6-2-7-13-25)26-14-8-3-9-15-26;/h1-20H;1H2/b28-20+;. The lowest BCUT2D eigenvalue weighted by Gasteiger charge is -2.30. The zero-order chi connectivity index (χ0) is 25.0. The molecule has 1 heterocycles. The van der Waals surface area contributed by atoms with Crippen LogP contribution in [0.3, 0.4) is 0 Å². The van der Waals surface area contributed by atoms with Crippen LogP contribution in [0.25, 0.3) is 6.08 Å². The summed E-state index contributed by atoms with van der Waals surface area (Å²) in [5.74, 6) is -0.748. The highest BCUT2D eigenvalue weighted by molar-refractivity contribution is 8.22. The van der Waals surface area contributed by atoms with E-state index in [9.17, 15) is 14.4 Å². The Morgan fingerprint density at radius 3 is 1.68 bits per heavy atom. The van der Waals surface area contributed by atoms with E-state index in [0.717, 1.165) is 15.9 Å². The van der Waals surface area contributed by atoms with Gasteiger partial charge in [-0.15, -0.1) is 0 Å². The van der Waals surface area contributed by atoms with Gasteiger partial charge >= 0.3 is 0 Å². The van der Waals surface area contributed by atoms with Crippen LogP contribution in [0.4, 0.5) is 4.39 Å². The molecule has 0 aliphatic carbocycles. The molecule has 0 unspecified atom stereocenters. The van der Waals surface area contributed by atoms with Gasteiger partial charge in [0, 0.05) is 0 Å². The highest BCUT2D eigenvalue weighted by atomic mass is 32.2. The fraction of sp³-hybridized carbons (Fsp3) is 0. The van der Waals surface area contributed by atoms with Crippen LogP contribution in [-0.2, 0) is 4.79 Å². The van der Waals surface area contributed by atoms with Crippen molar-refractivity contribution in [1.29, 1.82) is 5.26 Å². The van der Waals surface area contributed by atoms with Crippen molar-refractivity contribution in [2.45, 2.75) is 0 Å². The van der Waals surface area contributed by atoms with Crippen LogP contribution in [0, 0.1) is 17.1 Å². The van der Waals surface area contributed by atoms with E-state index in [-0.39, 0.29) is 11.3 Å². The van der Waals surface area contributed by atoms with E-state index in [4.69, 9.17) is 0 Å². The second kappa shape index (κ2) is 11.4. The molecule has 1 aliphatic heterocycles. The van der Waals surface area contributed by atoms with E-state index in [1.54, 1.807) is 18.2 Å². The van der Waals surface area contributed by atoms with Gasteiger partial charge in [0.1, 0.15) is 16.9 Å². The number of rotatable bonds is 5. The molecule has 1 amide bonds. The second-order valence-corrected chi connectivity index (χ2v) is 12.4. The van der Waals surface area contributed by atoms with E-state index in [2.05, 4.69) is 11.1 Å². The number of benzene rings is 4. The molecule has 0 saturated heterocycles. The zero-order valence-electron chi connectivity index (χ0n) is 19.6. The number of halogens is 1. The number of hydrogen-bond donors (Lipinski definition) is 0. The molecule has 0 bridgehead atoms. The average Bonchev–Trinajstić information content (AvgIpc) is 3.29. The Hall–Kier alpha value is -4.01. The summed E-state index contributed by atoms with van der Waals surface area (Å²) >= 11 is 1.20. The number of thioether (sulfide) groups is 1. The highest BCUT2D eigenvalue weighted by Gasteiger charge is 2.35. The quantitative estimate of drug-likeness (QED) is 0.280. The Morgan fingerprint density at radius 2 is 1.24 bits per heavy atom. The summed E-state index contributed by atoms with van der Waals surface area (Å²) in [6.45, 7) is -2.68. The number of hydrogen-bond acceptors (Lipinski definition) is 3. The Bertz CT molecular complexity index is 1470. The molecule has 2 N–H and O–H groups in total. The number of carbonyl (C=O) groups excluding carboxylic acids is 1. The fourth-order valence-electron chi connectivity index (χ4n) is 4.28. The largest absolute Gasteiger partial charge is 0.412 e. The number of amides is 1. The minimum atomic E-state index is -2.68. The van der Waals surface area contributed by atoms with Crippen LogP contribution in [-0.4, -0.2) is 21.7 Å². The third kappa shape index (κ3) is 4.98. The van der Waals surface area contributed by atoms with Crippen molar-refractivity contribution in [1.82, 2.24) is 0 Å². The Kier molecular flexibility index (Phi) is 8.01. The van der Waals surface area contributed by atoms with Crippen LogP contribution >= 0.6 is 18.6 Å². The molecular weight excluding hydrogens is 502 g/mol. The van der Waals surface area contributed by atoms with E-state index in [1.807, 2.05) is 91.0 Å². The van der Waals surface area contributed by atoms with Crippen LogP contribution in [0.5, 0.6) is 0 Å². The first-order chi connectivity index (χ1) is 17.6. The predicted octanol–water partition coefficient (Wildman–Crippen LogP) is 4.70. The van der Waals surface area contributed by atoms with Crippen molar-refractivity contribution in [3.63, 3.8) is 0 Å². The van der Waals surface area contributed by atoms with Crippen LogP contribution < -0.4 is 15.9 Å². The van der Waals surface area contributed by atoms with Gasteiger partial charge in [-0.1, -0.05) is 115 Å². The van der Waals surface area contributed by atoms with Crippen molar-refractivity contribution >= 4 is 56.9 Å². The van der Waals surface area contributed by atoms with Gasteiger partial charge in [0.15, 0.2) is 0 Å². The molecule has 37 heavy (non-hydrogen) atoms. The molecule has 0 aromatic heterocycles. The lowest BCUT2D eigenvalue weighted by Crippen LogP contribution is -2.32. The summed E-state index contributed by atoms with van der Waals surface area (Å²) in [5.41, 5.74) is 0.692. The first-order valence-electron chi connectivity index (χ1n) is 11.2. The molecule has 0 saturated carbocycles. The van der Waals surface area contributed by atoms with Gasteiger partial charge in [0.2, 0.25) is 0 Å². The van der Waals surface area contributed by atoms with E-state index >= 15 is 0 Å². The van der Waals surface area contributed by atoms with Crippen molar-refractivity contribution in [2.24, 2.45) is 4.99 Å². The summed E-state index contributed by atoms with van der Waals surface area (Å²) in [6, 6.07) is 38.4. The van der Waals surface area contributed by atoms with Gasteiger partial charge in [-0.3, -0.25) is 4.79 Å². The molecule has 182 valence electrons. The molecule has 7 heteroatoms. The van der Waals surface area contributed by atoms with Crippen LogP contribution in [0.2, 0.25) is 0 Å².